The number of hydrogen-bond acceptors (Lipinski definition) is 7. The molecule has 2 aromatic carbocycles. The van der Waals surface area contributed by atoms with Gasteiger partial charge in [-0.15, -0.1) is 0 Å². The van der Waals surface area contributed by atoms with Crippen molar-refractivity contribution in [3.63, 3.8) is 0 Å². The van der Waals surface area contributed by atoms with Crippen LogP contribution < -0.4 is 9.46 Å². The van der Waals surface area contributed by atoms with E-state index in [2.05, 4.69) is 30.9 Å². The van der Waals surface area contributed by atoms with Crippen molar-refractivity contribution < 1.29 is 22.8 Å². The molecule has 0 aliphatic heterocycles. The second-order valence-electron chi connectivity index (χ2n) is 6.39. The molecular formula is C19H17BrN4O5S. The molecule has 11 heteroatoms. The number of hydrogen-bond donors (Lipinski definition) is 2. The maximum absolute atomic E-state index is 13.1. The van der Waals surface area contributed by atoms with Crippen molar-refractivity contribution in [2.45, 2.75) is 18.0 Å². The van der Waals surface area contributed by atoms with Crippen LogP contribution in [0.4, 0.5) is 5.82 Å². The number of nitrogens with zero attached hydrogens (tertiary/aromatic N) is 3. The first-order valence-electron chi connectivity index (χ1n) is 8.77. The molecule has 0 spiro atoms. The molecule has 2 N–H and O–H groups in total. The summed E-state index contributed by atoms with van der Waals surface area (Å²) in [5.41, 5.74) is 1.52. The number of anilines is 1. The van der Waals surface area contributed by atoms with E-state index >= 15 is 0 Å². The maximum Gasteiger partial charge on any atom is 0.267 e. The summed E-state index contributed by atoms with van der Waals surface area (Å²) in [4.78, 5) is -0.152. The molecule has 4 rings (SSSR count). The standard InChI is InChI=1S/C19H17BrN4O5S/c1-28-16-5-2-4-12(11-25)18(16)30(26,27)23-19-14-9-15(20)13(8-17(14)29-22-19)10-24-7-3-6-21-24/h2-9,25H,10-11H2,1H3,(H,22,23). The van der Waals surface area contributed by atoms with Gasteiger partial charge in [-0.3, -0.25) is 9.40 Å². The molecule has 0 bridgehead atoms. The smallest absolute Gasteiger partial charge is 0.267 e. The molecule has 2 heterocycles. The van der Waals surface area contributed by atoms with Gasteiger partial charge in [0.05, 0.1) is 25.6 Å². The lowest BCUT2D eigenvalue weighted by molar-refractivity contribution is 0.276. The van der Waals surface area contributed by atoms with Gasteiger partial charge in [0, 0.05) is 22.4 Å². The van der Waals surface area contributed by atoms with Crippen LogP contribution >= 0.6 is 15.9 Å². The predicted molar refractivity (Wildman–Crippen MR) is 113 cm³/mol. The number of aliphatic hydroxyl groups is 1. The van der Waals surface area contributed by atoms with Crippen LogP contribution in [0.25, 0.3) is 11.0 Å². The molecule has 0 atom stereocenters. The SMILES string of the molecule is COc1cccc(CO)c1S(=O)(=O)Nc1noc2cc(Cn3cccn3)c(Br)cc12. The molecule has 9 nitrogen and oxygen atoms in total. The Bertz CT molecular complexity index is 1280. The molecular weight excluding hydrogens is 476 g/mol. The highest BCUT2D eigenvalue weighted by atomic mass is 79.9. The van der Waals surface area contributed by atoms with E-state index in [0.717, 1.165) is 10.0 Å². The number of methoxy groups -OCH3 is 1. The van der Waals surface area contributed by atoms with Crippen LogP contribution in [0, 0.1) is 0 Å². The first-order chi connectivity index (χ1) is 14.4. The summed E-state index contributed by atoms with van der Waals surface area (Å²) in [7, 11) is -2.75. The molecule has 0 aliphatic carbocycles. The summed E-state index contributed by atoms with van der Waals surface area (Å²) >= 11 is 3.51. The highest BCUT2D eigenvalue weighted by Gasteiger charge is 2.26. The molecule has 0 unspecified atom stereocenters. The van der Waals surface area contributed by atoms with Crippen LogP contribution in [0.3, 0.4) is 0 Å². The summed E-state index contributed by atoms with van der Waals surface area (Å²) in [6, 6.07) is 9.95. The Morgan fingerprint density at radius 3 is 2.80 bits per heavy atom. The molecule has 0 aliphatic rings. The van der Waals surface area contributed by atoms with Gasteiger partial charge in [-0.1, -0.05) is 33.2 Å². The highest BCUT2D eigenvalue weighted by molar-refractivity contribution is 9.10. The molecule has 4 aromatic rings. The first-order valence-corrected chi connectivity index (χ1v) is 11.1. The average Bonchev–Trinajstić information content (AvgIpc) is 3.38. The third kappa shape index (κ3) is 3.78. The van der Waals surface area contributed by atoms with Gasteiger partial charge in [0.15, 0.2) is 11.4 Å². The zero-order valence-electron chi connectivity index (χ0n) is 15.7. The van der Waals surface area contributed by atoms with Crippen LogP contribution in [0.1, 0.15) is 11.1 Å². The molecule has 2 aromatic heterocycles. The summed E-state index contributed by atoms with van der Waals surface area (Å²) in [6.07, 6.45) is 3.52. The number of ether oxygens (including phenoxy) is 1. The third-order valence-corrected chi connectivity index (χ3v) is 6.68. The van der Waals surface area contributed by atoms with Gasteiger partial charge >= 0.3 is 0 Å². The normalized spacial score (nSPS) is 11.7. The van der Waals surface area contributed by atoms with E-state index < -0.39 is 16.6 Å². The second kappa shape index (κ2) is 8.09. The Kier molecular flexibility index (Phi) is 5.50. The van der Waals surface area contributed by atoms with E-state index in [1.165, 1.54) is 19.2 Å². The Balaban J connectivity index is 1.72. The van der Waals surface area contributed by atoms with E-state index in [4.69, 9.17) is 9.26 Å². The number of benzene rings is 2. The number of rotatable bonds is 7. The van der Waals surface area contributed by atoms with Crippen molar-refractivity contribution in [1.82, 2.24) is 14.9 Å². The number of fused-ring (bicyclic) bond motifs is 1. The van der Waals surface area contributed by atoms with Crippen molar-refractivity contribution in [2.24, 2.45) is 0 Å². The van der Waals surface area contributed by atoms with E-state index in [9.17, 15) is 13.5 Å². The molecule has 0 saturated carbocycles. The number of aromatic nitrogens is 3. The number of nitrogens with one attached hydrogen (secondary N) is 1. The summed E-state index contributed by atoms with van der Waals surface area (Å²) < 4.78 is 41.6. The minimum atomic E-state index is -4.11. The maximum atomic E-state index is 13.1. The van der Waals surface area contributed by atoms with Crippen molar-refractivity contribution in [2.75, 3.05) is 11.8 Å². The lowest BCUT2D eigenvalue weighted by Gasteiger charge is -2.13. The summed E-state index contributed by atoms with van der Waals surface area (Å²) in [5, 5.41) is 18.1. The lowest BCUT2D eigenvalue weighted by Crippen LogP contribution is -2.16. The Morgan fingerprint density at radius 1 is 1.27 bits per heavy atom. The van der Waals surface area contributed by atoms with Crippen molar-refractivity contribution in [3.05, 3.63) is 64.4 Å². The van der Waals surface area contributed by atoms with E-state index in [0.29, 0.717) is 17.5 Å². The molecule has 0 saturated heterocycles. The Labute approximate surface area is 180 Å². The lowest BCUT2D eigenvalue weighted by atomic mass is 10.1. The van der Waals surface area contributed by atoms with Crippen molar-refractivity contribution in [3.8, 4) is 5.75 Å². The van der Waals surface area contributed by atoms with Crippen LogP contribution in [0.5, 0.6) is 5.75 Å². The van der Waals surface area contributed by atoms with Crippen molar-refractivity contribution in [1.29, 1.82) is 0 Å². The van der Waals surface area contributed by atoms with E-state index in [1.54, 1.807) is 29.1 Å². The zero-order chi connectivity index (χ0) is 21.3. The average molecular weight is 493 g/mol. The van der Waals surface area contributed by atoms with Crippen LogP contribution in [0.15, 0.2) is 62.7 Å². The molecule has 0 radical (unpaired) electrons. The van der Waals surface area contributed by atoms with Gasteiger partial charge < -0.3 is 14.4 Å². The molecule has 156 valence electrons. The molecule has 30 heavy (non-hydrogen) atoms. The van der Waals surface area contributed by atoms with Gasteiger partial charge in [0.25, 0.3) is 10.0 Å². The number of sulfonamides is 1. The predicted octanol–water partition coefficient (Wildman–Crippen LogP) is 3.14. The second-order valence-corrected chi connectivity index (χ2v) is 8.86. The molecule has 0 fully saturated rings. The fourth-order valence-electron chi connectivity index (χ4n) is 3.09. The van der Waals surface area contributed by atoms with Gasteiger partial charge in [-0.25, -0.2) is 8.42 Å². The van der Waals surface area contributed by atoms with Crippen LogP contribution in [0.2, 0.25) is 0 Å². The topological polar surface area (TPSA) is 119 Å². The van der Waals surface area contributed by atoms with Crippen LogP contribution in [-0.2, 0) is 23.2 Å². The van der Waals surface area contributed by atoms with Crippen molar-refractivity contribution >= 4 is 42.7 Å². The minimum Gasteiger partial charge on any atom is -0.495 e. The monoisotopic (exact) mass is 492 g/mol. The number of aliphatic hydroxyl groups excluding tert-OH is 1. The highest BCUT2D eigenvalue weighted by Crippen LogP contribution is 2.33. The van der Waals surface area contributed by atoms with E-state index in [-0.39, 0.29) is 22.0 Å². The fraction of sp³-hybridized carbons (Fsp3) is 0.158. The Morgan fingerprint density at radius 2 is 2.10 bits per heavy atom. The minimum absolute atomic E-state index is 0.0335. The summed E-state index contributed by atoms with van der Waals surface area (Å²) in [5.74, 6) is 0.149. The van der Waals surface area contributed by atoms with E-state index in [1.807, 2.05) is 12.3 Å². The first kappa shape index (κ1) is 20.4. The van der Waals surface area contributed by atoms with Gasteiger partial charge in [-0.05, 0) is 29.8 Å². The third-order valence-electron chi connectivity index (χ3n) is 4.48. The summed E-state index contributed by atoms with van der Waals surface area (Å²) in [6.45, 7) is 0.0434. The Hall–Kier alpha value is -2.89. The largest absolute Gasteiger partial charge is 0.495 e. The van der Waals surface area contributed by atoms with Crippen LogP contribution in [-0.4, -0.2) is 35.6 Å². The molecule has 0 amide bonds. The van der Waals surface area contributed by atoms with Gasteiger partial charge in [0.1, 0.15) is 10.6 Å². The quantitative estimate of drug-likeness (QED) is 0.406. The fourth-order valence-corrected chi connectivity index (χ4v) is 4.96. The van der Waals surface area contributed by atoms with Gasteiger partial charge in [0.2, 0.25) is 0 Å². The zero-order valence-corrected chi connectivity index (χ0v) is 18.1. The number of halogens is 1. The van der Waals surface area contributed by atoms with Gasteiger partial charge in [-0.2, -0.15) is 5.10 Å².